The van der Waals surface area contributed by atoms with Crippen LogP contribution in [0.2, 0.25) is 0 Å². The number of hydrogen-bond acceptors (Lipinski definition) is 5. The van der Waals surface area contributed by atoms with Gasteiger partial charge in [0.1, 0.15) is 5.75 Å². The number of likely N-dealkylation sites (tertiary alicyclic amines) is 1. The molecule has 3 aromatic rings. The van der Waals surface area contributed by atoms with Crippen LogP contribution in [0.25, 0.3) is 10.9 Å². The second-order valence-corrected chi connectivity index (χ2v) is 9.20. The van der Waals surface area contributed by atoms with Crippen LogP contribution in [0.15, 0.2) is 48.0 Å². The Morgan fingerprint density at radius 3 is 2.88 bits per heavy atom. The average molecular weight is 522 g/mol. The highest BCUT2D eigenvalue weighted by molar-refractivity contribution is 7.10. The van der Waals surface area contributed by atoms with Crippen molar-refractivity contribution in [1.82, 2.24) is 9.88 Å². The van der Waals surface area contributed by atoms with Gasteiger partial charge in [0, 0.05) is 18.1 Å². The van der Waals surface area contributed by atoms with Crippen molar-refractivity contribution in [1.29, 1.82) is 0 Å². The number of rotatable bonds is 7. The minimum absolute atomic E-state index is 0. The average Bonchev–Trinajstić information content (AvgIpc) is 3.33. The molecule has 34 heavy (non-hydrogen) atoms. The van der Waals surface area contributed by atoms with Gasteiger partial charge < -0.3 is 9.84 Å². The highest BCUT2D eigenvalue weighted by Crippen LogP contribution is 2.30. The minimum Gasteiger partial charge on any atom is -0.497 e. The van der Waals surface area contributed by atoms with Gasteiger partial charge in [0.05, 0.1) is 30.0 Å². The maximum atomic E-state index is 12.0. The number of fused-ring (bicyclic) bond motifs is 1. The Bertz CT molecular complexity index is 1130. The number of carboxylic acid groups (broad SMARTS) is 1. The van der Waals surface area contributed by atoms with E-state index < -0.39 is 5.97 Å². The van der Waals surface area contributed by atoms with Crippen LogP contribution in [0, 0.1) is 23.7 Å². The fraction of sp³-hybridized carbons (Fsp3) is 0.385. The Labute approximate surface area is 217 Å². The van der Waals surface area contributed by atoms with Crippen molar-refractivity contribution >= 4 is 53.0 Å². The first-order valence-corrected chi connectivity index (χ1v) is 11.9. The molecule has 0 spiro atoms. The number of ether oxygens (including phenoxy) is 1. The molecule has 1 aliphatic heterocycles. The summed E-state index contributed by atoms with van der Waals surface area (Å²) in [7, 11) is 1.67. The van der Waals surface area contributed by atoms with E-state index in [1.54, 1.807) is 18.4 Å². The standard InChI is InChI=1S/C26H28N2O3S.2ClH/c1-31-21-9-10-25-23(17-21)19(11-13-27-25)5-2-6-20-12-15-28(18-24(20)26(29)30)14-3-7-22-8-4-16-32-22;;/h4,8-11,13,16-17,20,24H,2,5-6,12,14-15,18H2,1H3,(H,29,30);2*1H/t20-,24+;;/m1../s1. The molecule has 1 fully saturated rings. The lowest BCUT2D eigenvalue weighted by Gasteiger charge is -2.35. The third kappa shape index (κ3) is 7.10. The molecule has 2 atom stereocenters. The molecule has 4 rings (SSSR count). The molecule has 2 aromatic heterocycles. The monoisotopic (exact) mass is 520 g/mol. The number of methoxy groups -OCH3 is 1. The molecule has 0 unspecified atom stereocenters. The largest absolute Gasteiger partial charge is 0.497 e. The van der Waals surface area contributed by atoms with E-state index in [4.69, 9.17) is 4.74 Å². The minimum atomic E-state index is -0.690. The van der Waals surface area contributed by atoms with Gasteiger partial charge in [-0.3, -0.25) is 14.7 Å². The molecule has 5 nitrogen and oxygen atoms in total. The number of aliphatic carboxylic acids is 1. The van der Waals surface area contributed by atoms with Gasteiger partial charge in [-0.25, -0.2) is 0 Å². The molecule has 182 valence electrons. The number of pyridine rings is 1. The van der Waals surface area contributed by atoms with Crippen LogP contribution in [-0.4, -0.2) is 47.7 Å². The summed E-state index contributed by atoms with van der Waals surface area (Å²) in [5.41, 5.74) is 2.20. The Morgan fingerprint density at radius 1 is 1.29 bits per heavy atom. The maximum Gasteiger partial charge on any atom is 0.308 e. The number of aryl methyl sites for hydroxylation is 1. The highest BCUT2D eigenvalue weighted by atomic mass is 35.5. The van der Waals surface area contributed by atoms with Crippen LogP contribution in [0.4, 0.5) is 0 Å². The van der Waals surface area contributed by atoms with Gasteiger partial charge >= 0.3 is 5.97 Å². The molecule has 1 aliphatic rings. The third-order valence-corrected chi connectivity index (χ3v) is 7.04. The normalized spacial score (nSPS) is 17.7. The summed E-state index contributed by atoms with van der Waals surface area (Å²) < 4.78 is 5.37. The van der Waals surface area contributed by atoms with E-state index in [0.29, 0.717) is 13.1 Å². The van der Waals surface area contributed by atoms with E-state index in [2.05, 4.69) is 27.8 Å². The van der Waals surface area contributed by atoms with Crippen LogP contribution in [-0.2, 0) is 11.2 Å². The molecule has 0 bridgehead atoms. The Kier molecular flexibility index (Phi) is 11.1. The molecule has 3 heterocycles. The molecule has 0 saturated carbocycles. The summed E-state index contributed by atoms with van der Waals surface area (Å²) in [6.07, 6.45) is 5.54. The van der Waals surface area contributed by atoms with Crippen molar-refractivity contribution < 1.29 is 14.6 Å². The lowest BCUT2D eigenvalue weighted by molar-refractivity contribution is -0.146. The molecule has 8 heteroatoms. The number of carbonyl (C=O) groups is 1. The molecule has 1 N–H and O–H groups in total. The SMILES string of the molecule is COc1ccc2nccc(CCC[C@@H]3CCN(CC#Cc4cccs4)C[C@@H]3C(=O)O)c2c1.Cl.Cl. The molecule has 0 radical (unpaired) electrons. The fourth-order valence-electron chi connectivity index (χ4n) is 4.51. The molecule has 1 saturated heterocycles. The fourth-order valence-corrected chi connectivity index (χ4v) is 5.10. The number of nitrogens with zero attached hydrogens (tertiary/aromatic N) is 2. The maximum absolute atomic E-state index is 12.0. The molecule has 0 amide bonds. The summed E-state index contributed by atoms with van der Waals surface area (Å²) in [6.45, 7) is 2.11. The highest BCUT2D eigenvalue weighted by Gasteiger charge is 2.33. The number of hydrogen-bond donors (Lipinski definition) is 1. The first-order chi connectivity index (χ1) is 15.6. The van der Waals surface area contributed by atoms with E-state index in [1.807, 2.05) is 41.9 Å². The molecular formula is C26H30Cl2N2O3S. The lowest BCUT2D eigenvalue weighted by Crippen LogP contribution is -2.44. The van der Waals surface area contributed by atoms with Gasteiger partial charge in [0.25, 0.3) is 0 Å². The number of piperidine rings is 1. The summed E-state index contributed by atoms with van der Waals surface area (Å²) in [5.74, 6) is 6.38. The Morgan fingerprint density at radius 2 is 2.15 bits per heavy atom. The quantitative estimate of drug-likeness (QED) is 0.414. The summed E-state index contributed by atoms with van der Waals surface area (Å²) in [4.78, 5) is 19.6. The van der Waals surface area contributed by atoms with Gasteiger partial charge in [-0.2, -0.15) is 0 Å². The van der Waals surface area contributed by atoms with E-state index in [0.717, 1.165) is 53.8 Å². The zero-order valence-electron chi connectivity index (χ0n) is 19.1. The smallest absolute Gasteiger partial charge is 0.308 e. The van der Waals surface area contributed by atoms with Crippen molar-refractivity contribution in [3.63, 3.8) is 0 Å². The predicted molar refractivity (Wildman–Crippen MR) is 143 cm³/mol. The second kappa shape index (κ2) is 13.6. The first-order valence-electron chi connectivity index (χ1n) is 11.0. The molecule has 1 aromatic carbocycles. The number of halogens is 2. The van der Waals surface area contributed by atoms with Crippen molar-refractivity contribution in [2.75, 3.05) is 26.7 Å². The topological polar surface area (TPSA) is 62.7 Å². The van der Waals surface area contributed by atoms with Crippen molar-refractivity contribution in [2.24, 2.45) is 11.8 Å². The van der Waals surface area contributed by atoms with Crippen molar-refractivity contribution in [3.05, 3.63) is 58.4 Å². The van der Waals surface area contributed by atoms with Gasteiger partial charge in [0.2, 0.25) is 0 Å². The van der Waals surface area contributed by atoms with Crippen LogP contribution in [0.5, 0.6) is 5.75 Å². The third-order valence-electron chi connectivity index (χ3n) is 6.25. The summed E-state index contributed by atoms with van der Waals surface area (Å²) in [5, 5.41) is 13.0. The first kappa shape index (κ1) is 27.9. The van der Waals surface area contributed by atoms with Crippen molar-refractivity contribution in [2.45, 2.75) is 25.7 Å². The van der Waals surface area contributed by atoms with Gasteiger partial charge in [-0.1, -0.05) is 17.9 Å². The molecule has 0 aliphatic carbocycles. The number of carboxylic acids is 1. The van der Waals surface area contributed by atoms with Gasteiger partial charge in [-0.05, 0) is 79.4 Å². The molecular weight excluding hydrogens is 491 g/mol. The lowest BCUT2D eigenvalue weighted by atomic mass is 9.81. The van der Waals surface area contributed by atoms with E-state index in [9.17, 15) is 9.90 Å². The van der Waals surface area contributed by atoms with Crippen LogP contribution in [0.1, 0.15) is 29.7 Å². The summed E-state index contributed by atoms with van der Waals surface area (Å²) >= 11 is 1.63. The second-order valence-electron chi connectivity index (χ2n) is 8.25. The number of benzene rings is 1. The van der Waals surface area contributed by atoms with Gasteiger partial charge in [0.15, 0.2) is 0 Å². The number of thiophene rings is 1. The summed E-state index contributed by atoms with van der Waals surface area (Å²) in [6, 6.07) is 12.0. The zero-order chi connectivity index (χ0) is 22.3. The van der Waals surface area contributed by atoms with Crippen LogP contribution in [0.3, 0.4) is 0 Å². The van der Waals surface area contributed by atoms with E-state index >= 15 is 0 Å². The van der Waals surface area contributed by atoms with E-state index in [1.165, 1.54) is 5.56 Å². The zero-order valence-corrected chi connectivity index (χ0v) is 21.6. The van der Waals surface area contributed by atoms with Crippen molar-refractivity contribution in [3.8, 4) is 17.6 Å². The predicted octanol–water partition coefficient (Wildman–Crippen LogP) is 5.55. The number of aromatic nitrogens is 1. The van der Waals surface area contributed by atoms with Crippen LogP contribution < -0.4 is 4.74 Å². The van der Waals surface area contributed by atoms with Gasteiger partial charge in [-0.15, -0.1) is 36.2 Å². The van der Waals surface area contributed by atoms with E-state index in [-0.39, 0.29) is 36.6 Å². The Balaban J connectivity index is 0.00000204. The Hall–Kier alpha value is -2.30. The van der Waals surface area contributed by atoms with Crippen LogP contribution >= 0.6 is 36.2 Å².